The maximum atomic E-state index is 5.67. The maximum absolute atomic E-state index is 5.67. The van der Waals surface area contributed by atoms with Gasteiger partial charge in [-0.3, -0.25) is 0 Å². The van der Waals surface area contributed by atoms with Crippen LogP contribution in [0.4, 0.5) is 0 Å². The molecule has 18 heavy (non-hydrogen) atoms. The van der Waals surface area contributed by atoms with Gasteiger partial charge in [0, 0.05) is 37.2 Å². The lowest BCUT2D eigenvalue weighted by atomic mass is 9.85. The second-order valence-corrected chi connectivity index (χ2v) is 6.74. The zero-order valence-corrected chi connectivity index (χ0v) is 13.1. The van der Waals surface area contributed by atoms with Gasteiger partial charge in [0.2, 0.25) is 0 Å². The number of rotatable bonds is 7. The molecule has 1 saturated heterocycles. The summed E-state index contributed by atoms with van der Waals surface area (Å²) >= 11 is 0. The molecule has 108 valence electrons. The average Bonchev–Trinajstić information content (AvgIpc) is 2.74. The number of hydrogen-bond acceptors (Lipinski definition) is 3. The van der Waals surface area contributed by atoms with E-state index in [4.69, 9.17) is 4.74 Å². The van der Waals surface area contributed by atoms with E-state index in [2.05, 4.69) is 51.9 Å². The Labute approximate surface area is 113 Å². The molecule has 2 unspecified atom stereocenters. The van der Waals surface area contributed by atoms with Crippen LogP contribution in [-0.2, 0) is 4.74 Å². The zero-order valence-electron chi connectivity index (χ0n) is 13.1. The topological polar surface area (TPSA) is 24.5 Å². The Bertz CT molecular complexity index is 235. The van der Waals surface area contributed by atoms with Crippen LogP contribution >= 0.6 is 0 Å². The van der Waals surface area contributed by atoms with Crippen molar-refractivity contribution in [3.63, 3.8) is 0 Å². The monoisotopic (exact) mass is 256 g/mol. The van der Waals surface area contributed by atoms with Crippen LogP contribution in [0, 0.1) is 11.3 Å². The summed E-state index contributed by atoms with van der Waals surface area (Å²) in [5.41, 5.74) is 0.308. The lowest BCUT2D eigenvalue weighted by molar-refractivity contribution is 0.0914. The average molecular weight is 256 g/mol. The molecule has 0 aromatic heterocycles. The molecule has 3 nitrogen and oxygen atoms in total. The maximum Gasteiger partial charge on any atom is 0.0547 e. The van der Waals surface area contributed by atoms with E-state index in [1.807, 2.05) is 0 Å². The fourth-order valence-corrected chi connectivity index (χ4v) is 2.57. The van der Waals surface area contributed by atoms with Gasteiger partial charge in [-0.15, -0.1) is 0 Å². The molecule has 0 saturated carbocycles. The smallest absolute Gasteiger partial charge is 0.0547 e. The van der Waals surface area contributed by atoms with Gasteiger partial charge in [0.1, 0.15) is 0 Å². The lowest BCUT2D eigenvalue weighted by Crippen LogP contribution is -2.48. The van der Waals surface area contributed by atoms with Crippen molar-refractivity contribution >= 4 is 0 Å². The molecule has 0 aliphatic carbocycles. The van der Waals surface area contributed by atoms with Crippen LogP contribution in [0.3, 0.4) is 0 Å². The summed E-state index contributed by atoms with van der Waals surface area (Å²) in [6.45, 7) is 15.4. The van der Waals surface area contributed by atoms with Crippen molar-refractivity contribution in [2.45, 2.75) is 53.1 Å². The minimum atomic E-state index is 0.308. The predicted molar refractivity (Wildman–Crippen MR) is 77.9 cm³/mol. The summed E-state index contributed by atoms with van der Waals surface area (Å²) < 4.78 is 5.67. The lowest BCUT2D eigenvalue weighted by Gasteiger charge is -2.37. The van der Waals surface area contributed by atoms with E-state index in [1.54, 1.807) is 0 Å². The Morgan fingerprint density at radius 1 is 1.22 bits per heavy atom. The van der Waals surface area contributed by atoms with Gasteiger partial charge in [-0.05, 0) is 26.3 Å². The number of nitrogens with one attached hydrogen (secondary N) is 1. The highest BCUT2D eigenvalue weighted by molar-refractivity contribution is 4.89. The van der Waals surface area contributed by atoms with Crippen molar-refractivity contribution in [2.24, 2.45) is 11.3 Å². The second kappa shape index (κ2) is 6.88. The molecule has 1 aliphatic rings. The Hall–Kier alpha value is -0.120. The summed E-state index contributed by atoms with van der Waals surface area (Å²) in [6.07, 6.45) is 1.18. The molecular formula is C15H32N2O. The molecule has 0 amide bonds. The van der Waals surface area contributed by atoms with E-state index < -0.39 is 0 Å². The Kier molecular flexibility index (Phi) is 6.09. The summed E-state index contributed by atoms with van der Waals surface area (Å²) in [7, 11) is 2.25. The third-order valence-electron chi connectivity index (χ3n) is 4.32. The van der Waals surface area contributed by atoms with E-state index in [1.165, 1.54) is 6.42 Å². The fourth-order valence-electron chi connectivity index (χ4n) is 2.57. The van der Waals surface area contributed by atoms with Crippen molar-refractivity contribution in [1.29, 1.82) is 0 Å². The van der Waals surface area contributed by atoms with E-state index >= 15 is 0 Å². The number of hydrogen-bond donors (Lipinski definition) is 1. The number of ether oxygens (including phenoxy) is 1. The highest BCUT2D eigenvalue weighted by atomic mass is 16.5. The summed E-state index contributed by atoms with van der Waals surface area (Å²) in [5, 5.41) is 3.60. The van der Waals surface area contributed by atoms with Gasteiger partial charge in [0.15, 0.2) is 0 Å². The first-order valence-corrected chi connectivity index (χ1v) is 7.38. The van der Waals surface area contributed by atoms with Gasteiger partial charge in [-0.25, -0.2) is 0 Å². The summed E-state index contributed by atoms with van der Waals surface area (Å²) in [5.74, 6) is 0.701. The predicted octanol–water partition coefficient (Wildman–Crippen LogP) is 2.37. The van der Waals surface area contributed by atoms with Crippen LogP contribution in [0.5, 0.6) is 0 Å². The number of nitrogens with zero attached hydrogens (tertiary/aromatic N) is 1. The van der Waals surface area contributed by atoms with Crippen molar-refractivity contribution in [3.8, 4) is 0 Å². The van der Waals surface area contributed by atoms with Crippen LogP contribution in [0.15, 0.2) is 0 Å². The summed E-state index contributed by atoms with van der Waals surface area (Å²) in [6, 6.07) is 1.18. The van der Waals surface area contributed by atoms with Gasteiger partial charge < -0.3 is 15.0 Å². The van der Waals surface area contributed by atoms with Crippen molar-refractivity contribution in [1.82, 2.24) is 10.2 Å². The zero-order chi connectivity index (χ0) is 13.8. The third-order valence-corrected chi connectivity index (χ3v) is 4.32. The highest BCUT2D eigenvalue weighted by Crippen LogP contribution is 2.30. The normalized spacial score (nSPS) is 26.5. The van der Waals surface area contributed by atoms with Crippen molar-refractivity contribution in [3.05, 3.63) is 0 Å². The third kappa shape index (κ3) is 4.52. The van der Waals surface area contributed by atoms with E-state index in [-0.39, 0.29) is 0 Å². The van der Waals surface area contributed by atoms with Gasteiger partial charge >= 0.3 is 0 Å². The first kappa shape index (κ1) is 15.9. The quantitative estimate of drug-likeness (QED) is 0.757. The molecule has 0 bridgehead atoms. The Balaban J connectivity index is 2.56. The van der Waals surface area contributed by atoms with Crippen LogP contribution in [0.25, 0.3) is 0 Å². The first-order valence-electron chi connectivity index (χ1n) is 7.38. The SMILES string of the molecule is CC(C)NCC1(CN(C)C(C)C(C)C)CCOC1. The molecule has 0 aromatic rings. The largest absolute Gasteiger partial charge is 0.381 e. The molecule has 0 aromatic carbocycles. The van der Waals surface area contributed by atoms with Gasteiger partial charge in [-0.2, -0.15) is 0 Å². The molecule has 1 heterocycles. The highest BCUT2D eigenvalue weighted by Gasteiger charge is 2.36. The van der Waals surface area contributed by atoms with E-state index in [0.29, 0.717) is 23.4 Å². The van der Waals surface area contributed by atoms with E-state index in [0.717, 1.165) is 26.3 Å². The van der Waals surface area contributed by atoms with Crippen LogP contribution in [-0.4, -0.2) is 50.3 Å². The standard InChI is InChI=1S/C15H32N2O/c1-12(2)14(5)17(6)10-15(7-8-18-11-15)9-16-13(3)4/h12-14,16H,7-11H2,1-6H3. The second-order valence-electron chi connectivity index (χ2n) is 6.74. The molecule has 3 heteroatoms. The van der Waals surface area contributed by atoms with Gasteiger partial charge in [0.25, 0.3) is 0 Å². The summed E-state index contributed by atoms with van der Waals surface area (Å²) in [4.78, 5) is 2.50. The molecule has 1 rings (SSSR count). The van der Waals surface area contributed by atoms with Crippen LogP contribution in [0.2, 0.25) is 0 Å². The molecule has 0 spiro atoms. The molecule has 1 fully saturated rings. The molecule has 2 atom stereocenters. The Morgan fingerprint density at radius 3 is 2.33 bits per heavy atom. The van der Waals surface area contributed by atoms with Crippen molar-refractivity contribution in [2.75, 3.05) is 33.4 Å². The van der Waals surface area contributed by atoms with E-state index in [9.17, 15) is 0 Å². The van der Waals surface area contributed by atoms with Crippen molar-refractivity contribution < 1.29 is 4.74 Å². The van der Waals surface area contributed by atoms with Crippen LogP contribution in [0.1, 0.15) is 41.0 Å². The minimum Gasteiger partial charge on any atom is -0.381 e. The van der Waals surface area contributed by atoms with Gasteiger partial charge in [0.05, 0.1) is 6.61 Å². The van der Waals surface area contributed by atoms with Crippen LogP contribution < -0.4 is 5.32 Å². The minimum absolute atomic E-state index is 0.308. The molecular weight excluding hydrogens is 224 g/mol. The molecule has 1 N–H and O–H groups in total. The molecule has 0 radical (unpaired) electrons. The first-order chi connectivity index (χ1) is 8.36. The van der Waals surface area contributed by atoms with Gasteiger partial charge in [-0.1, -0.05) is 27.7 Å². The Morgan fingerprint density at radius 2 is 1.89 bits per heavy atom. The molecule has 1 aliphatic heterocycles. The fraction of sp³-hybridized carbons (Fsp3) is 1.00.